The van der Waals surface area contributed by atoms with Gasteiger partial charge in [-0.15, -0.1) is 0 Å². The summed E-state index contributed by atoms with van der Waals surface area (Å²) >= 11 is 0. The molecule has 4 nitrogen and oxygen atoms in total. The molecule has 0 fully saturated rings. The lowest BCUT2D eigenvalue weighted by Gasteiger charge is -2.10. The van der Waals surface area contributed by atoms with Gasteiger partial charge in [0.1, 0.15) is 5.75 Å². The first kappa shape index (κ1) is 10.2. The van der Waals surface area contributed by atoms with E-state index in [2.05, 4.69) is 0 Å². The molecule has 0 aliphatic rings. The summed E-state index contributed by atoms with van der Waals surface area (Å²) in [6.07, 6.45) is 0. The minimum absolute atomic E-state index is 0.0407. The van der Waals surface area contributed by atoms with Gasteiger partial charge in [-0.05, 0) is 18.2 Å². The summed E-state index contributed by atoms with van der Waals surface area (Å²) in [5, 5.41) is 9.83. The Kier molecular flexibility index (Phi) is 2.32. The second-order valence-electron chi connectivity index (χ2n) is 3.59. The maximum Gasteiger partial charge on any atom is 0.146 e. The fraction of sp³-hybridized carbons (Fsp3) is 0. The zero-order valence-corrected chi connectivity index (χ0v) is 8.64. The highest BCUT2D eigenvalue weighted by Crippen LogP contribution is 2.37. The number of anilines is 3. The van der Waals surface area contributed by atoms with E-state index in [9.17, 15) is 5.11 Å². The fourth-order valence-electron chi connectivity index (χ4n) is 1.61. The van der Waals surface area contributed by atoms with Gasteiger partial charge in [-0.2, -0.15) is 0 Å². The van der Waals surface area contributed by atoms with Crippen molar-refractivity contribution in [1.82, 2.24) is 0 Å². The van der Waals surface area contributed by atoms with Crippen LogP contribution in [0.1, 0.15) is 0 Å². The van der Waals surface area contributed by atoms with Crippen molar-refractivity contribution in [2.24, 2.45) is 0 Å². The van der Waals surface area contributed by atoms with Crippen molar-refractivity contribution < 1.29 is 5.11 Å². The summed E-state index contributed by atoms with van der Waals surface area (Å²) in [5.74, 6) is 0.0407. The Morgan fingerprint density at radius 1 is 0.812 bits per heavy atom. The Bertz CT molecular complexity index is 538. The number of hydrogen-bond donors (Lipinski definition) is 4. The molecule has 0 aliphatic heterocycles. The molecule has 0 heterocycles. The lowest BCUT2D eigenvalue weighted by Crippen LogP contribution is -1.94. The zero-order chi connectivity index (χ0) is 11.7. The van der Waals surface area contributed by atoms with Crippen LogP contribution in [-0.2, 0) is 0 Å². The molecular weight excluding hydrogens is 202 g/mol. The van der Waals surface area contributed by atoms with Gasteiger partial charge in [0.05, 0.1) is 5.69 Å². The number of nitrogens with two attached hydrogens (primary N) is 3. The third-order valence-electron chi connectivity index (χ3n) is 2.43. The molecule has 0 aromatic heterocycles. The predicted molar refractivity (Wildman–Crippen MR) is 66.8 cm³/mol. The molecule has 2 aromatic carbocycles. The van der Waals surface area contributed by atoms with Gasteiger partial charge >= 0.3 is 0 Å². The standard InChI is InChI=1S/C12H13N3O/c13-7-4-5-8(11(15)6-7)9-2-1-3-10(14)12(9)16/h1-6,16H,13-15H2. The normalized spacial score (nSPS) is 10.2. The largest absolute Gasteiger partial charge is 0.505 e. The van der Waals surface area contributed by atoms with E-state index in [0.29, 0.717) is 22.6 Å². The molecule has 0 aliphatic carbocycles. The molecule has 0 saturated heterocycles. The van der Waals surface area contributed by atoms with E-state index < -0.39 is 0 Å². The van der Waals surface area contributed by atoms with Gasteiger partial charge in [-0.1, -0.05) is 18.2 Å². The lowest BCUT2D eigenvalue weighted by atomic mass is 10.0. The van der Waals surface area contributed by atoms with E-state index in [0.717, 1.165) is 5.56 Å². The molecule has 4 heteroatoms. The molecule has 16 heavy (non-hydrogen) atoms. The van der Waals surface area contributed by atoms with Crippen LogP contribution in [0.5, 0.6) is 5.75 Å². The van der Waals surface area contributed by atoms with Crippen LogP contribution in [0.4, 0.5) is 17.1 Å². The van der Waals surface area contributed by atoms with E-state index in [1.807, 2.05) is 0 Å². The monoisotopic (exact) mass is 215 g/mol. The average molecular weight is 215 g/mol. The summed E-state index contributed by atoms with van der Waals surface area (Å²) in [6, 6.07) is 10.3. The van der Waals surface area contributed by atoms with E-state index in [1.54, 1.807) is 36.4 Å². The number of hydrogen-bond acceptors (Lipinski definition) is 4. The van der Waals surface area contributed by atoms with Gasteiger partial charge in [-0.3, -0.25) is 0 Å². The first-order valence-corrected chi connectivity index (χ1v) is 4.82. The van der Waals surface area contributed by atoms with Crippen LogP contribution in [0, 0.1) is 0 Å². The Labute approximate surface area is 93.3 Å². The summed E-state index contributed by atoms with van der Waals surface area (Å²) < 4.78 is 0. The van der Waals surface area contributed by atoms with E-state index in [-0.39, 0.29) is 5.75 Å². The van der Waals surface area contributed by atoms with Crippen LogP contribution in [0.3, 0.4) is 0 Å². The maximum atomic E-state index is 9.83. The Hall–Kier alpha value is -2.36. The van der Waals surface area contributed by atoms with Crippen LogP contribution in [0.25, 0.3) is 11.1 Å². The molecule has 82 valence electrons. The van der Waals surface area contributed by atoms with E-state index in [1.165, 1.54) is 0 Å². The highest BCUT2D eigenvalue weighted by molar-refractivity contribution is 5.85. The summed E-state index contributed by atoms with van der Waals surface area (Å²) in [4.78, 5) is 0. The zero-order valence-electron chi connectivity index (χ0n) is 8.64. The number of phenols is 1. The van der Waals surface area contributed by atoms with Crippen LogP contribution in [0.15, 0.2) is 36.4 Å². The third-order valence-corrected chi connectivity index (χ3v) is 2.43. The van der Waals surface area contributed by atoms with Crippen LogP contribution in [-0.4, -0.2) is 5.11 Å². The second-order valence-corrected chi connectivity index (χ2v) is 3.59. The topological polar surface area (TPSA) is 98.3 Å². The molecule has 0 atom stereocenters. The molecular formula is C12H13N3O. The van der Waals surface area contributed by atoms with Crippen LogP contribution in [0.2, 0.25) is 0 Å². The van der Waals surface area contributed by atoms with Crippen LogP contribution < -0.4 is 17.2 Å². The molecule has 0 bridgehead atoms. The summed E-state index contributed by atoms with van der Waals surface area (Å²) in [5.41, 5.74) is 19.8. The van der Waals surface area contributed by atoms with Gasteiger partial charge in [-0.25, -0.2) is 0 Å². The third kappa shape index (κ3) is 1.61. The average Bonchev–Trinajstić information content (AvgIpc) is 2.23. The first-order chi connectivity index (χ1) is 7.59. The van der Waals surface area contributed by atoms with Crippen molar-refractivity contribution in [1.29, 1.82) is 0 Å². The summed E-state index contributed by atoms with van der Waals surface area (Å²) in [6.45, 7) is 0. The number of aromatic hydroxyl groups is 1. The molecule has 7 N–H and O–H groups in total. The minimum atomic E-state index is 0.0407. The molecule has 0 amide bonds. The van der Waals surface area contributed by atoms with E-state index >= 15 is 0 Å². The van der Waals surface area contributed by atoms with Crippen LogP contribution >= 0.6 is 0 Å². The Balaban J connectivity index is 2.63. The van der Waals surface area contributed by atoms with Gasteiger partial charge in [0.25, 0.3) is 0 Å². The molecule has 2 rings (SSSR count). The van der Waals surface area contributed by atoms with Crippen molar-refractivity contribution in [3.05, 3.63) is 36.4 Å². The van der Waals surface area contributed by atoms with Crippen molar-refractivity contribution in [3.63, 3.8) is 0 Å². The predicted octanol–water partition coefficient (Wildman–Crippen LogP) is 1.81. The van der Waals surface area contributed by atoms with Gasteiger partial charge in [0.2, 0.25) is 0 Å². The quantitative estimate of drug-likeness (QED) is 0.430. The number of phenolic OH excluding ortho intramolecular Hbond substituents is 1. The minimum Gasteiger partial charge on any atom is -0.505 e. The SMILES string of the molecule is Nc1ccc(-c2cccc(N)c2O)c(N)c1. The van der Waals surface area contributed by atoms with Gasteiger partial charge in [0.15, 0.2) is 0 Å². The van der Waals surface area contributed by atoms with Crippen molar-refractivity contribution in [2.75, 3.05) is 17.2 Å². The fourth-order valence-corrected chi connectivity index (χ4v) is 1.61. The number of para-hydroxylation sites is 1. The van der Waals surface area contributed by atoms with Crippen molar-refractivity contribution in [2.45, 2.75) is 0 Å². The Morgan fingerprint density at radius 3 is 2.25 bits per heavy atom. The lowest BCUT2D eigenvalue weighted by molar-refractivity contribution is 0.480. The molecule has 0 unspecified atom stereocenters. The second kappa shape index (κ2) is 3.66. The smallest absolute Gasteiger partial charge is 0.146 e. The molecule has 0 radical (unpaired) electrons. The maximum absolute atomic E-state index is 9.83. The van der Waals surface area contributed by atoms with E-state index in [4.69, 9.17) is 17.2 Å². The van der Waals surface area contributed by atoms with Gasteiger partial charge < -0.3 is 22.3 Å². The number of rotatable bonds is 1. The highest BCUT2D eigenvalue weighted by atomic mass is 16.3. The van der Waals surface area contributed by atoms with Gasteiger partial charge in [0, 0.05) is 22.5 Å². The molecule has 2 aromatic rings. The summed E-state index contributed by atoms with van der Waals surface area (Å²) in [7, 11) is 0. The highest BCUT2D eigenvalue weighted by Gasteiger charge is 2.09. The molecule has 0 spiro atoms. The first-order valence-electron chi connectivity index (χ1n) is 4.82. The number of benzene rings is 2. The Morgan fingerprint density at radius 2 is 1.56 bits per heavy atom. The van der Waals surface area contributed by atoms with Crippen molar-refractivity contribution in [3.8, 4) is 16.9 Å². The van der Waals surface area contributed by atoms with Crippen molar-refractivity contribution >= 4 is 17.1 Å². The molecule has 0 saturated carbocycles. The number of nitrogen functional groups attached to an aromatic ring is 3.